The number of hydrogen-bond acceptors (Lipinski definition) is 5. The zero-order valence-electron chi connectivity index (χ0n) is 9.74. The van der Waals surface area contributed by atoms with Gasteiger partial charge in [0.05, 0.1) is 0 Å². The maximum absolute atomic E-state index is 11.4. The Labute approximate surface area is 96.9 Å². The first kappa shape index (κ1) is 12.0. The van der Waals surface area contributed by atoms with Crippen molar-refractivity contribution in [2.75, 3.05) is 39.5 Å². The number of esters is 1. The third-order valence-corrected chi connectivity index (χ3v) is 5.87. The Bertz CT molecular complexity index is 251. The maximum atomic E-state index is 11.4. The molecule has 0 aromatic rings. The Morgan fingerprint density at radius 3 is 2.44 bits per heavy atom. The molecule has 3 saturated heterocycles. The molecular weight excluding hydrogens is 226 g/mol. The third kappa shape index (κ3) is 3.28. The predicted molar refractivity (Wildman–Crippen MR) is 60.3 cm³/mol. The lowest BCUT2D eigenvalue weighted by molar-refractivity contribution is -0.143. The molecule has 0 atom stereocenters. The van der Waals surface area contributed by atoms with Crippen LogP contribution in [0.5, 0.6) is 0 Å². The summed E-state index contributed by atoms with van der Waals surface area (Å²) in [5.41, 5.74) is 0. The van der Waals surface area contributed by atoms with Crippen LogP contribution in [-0.2, 0) is 18.4 Å². The first-order chi connectivity index (χ1) is 7.68. The largest absolute Gasteiger partial charge is 0.464 e. The van der Waals surface area contributed by atoms with E-state index in [9.17, 15) is 4.79 Å². The highest BCUT2D eigenvalue weighted by atomic mass is 28.4. The van der Waals surface area contributed by atoms with Crippen molar-refractivity contribution in [2.24, 2.45) is 0 Å². The van der Waals surface area contributed by atoms with Crippen LogP contribution in [0.4, 0.5) is 0 Å². The van der Waals surface area contributed by atoms with Gasteiger partial charge in [-0.3, -0.25) is 9.69 Å². The predicted octanol–water partition coefficient (Wildman–Crippen LogP) is 0.354. The van der Waals surface area contributed by atoms with E-state index in [4.69, 9.17) is 13.6 Å². The minimum Gasteiger partial charge on any atom is -0.464 e. The zero-order chi connectivity index (χ0) is 11.4. The van der Waals surface area contributed by atoms with E-state index in [2.05, 4.69) is 4.90 Å². The Balaban J connectivity index is 2.05. The quantitative estimate of drug-likeness (QED) is 0.455. The Hall–Kier alpha value is -0.433. The van der Waals surface area contributed by atoms with Crippen LogP contribution in [0.2, 0.25) is 12.6 Å². The van der Waals surface area contributed by atoms with Crippen molar-refractivity contribution in [2.45, 2.75) is 19.0 Å². The lowest BCUT2D eigenvalue weighted by atomic mass is 10.4. The smallest absolute Gasteiger partial charge is 0.335 e. The van der Waals surface area contributed by atoms with Gasteiger partial charge in [0.1, 0.15) is 6.61 Å². The molecule has 0 amide bonds. The van der Waals surface area contributed by atoms with E-state index in [0.29, 0.717) is 32.3 Å². The Morgan fingerprint density at radius 1 is 1.12 bits per heavy atom. The van der Waals surface area contributed by atoms with E-state index in [-0.39, 0.29) is 5.97 Å². The highest BCUT2D eigenvalue weighted by molar-refractivity contribution is 6.66. The van der Waals surface area contributed by atoms with Crippen molar-refractivity contribution in [3.8, 4) is 0 Å². The summed E-state index contributed by atoms with van der Waals surface area (Å²) < 4.78 is 16.9. The van der Waals surface area contributed by atoms with Gasteiger partial charge in [-0.2, -0.15) is 0 Å². The van der Waals surface area contributed by atoms with E-state index in [1.54, 1.807) is 0 Å². The average Bonchev–Trinajstić information content (AvgIpc) is 2.27. The van der Waals surface area contributed by atoms with Gasteiger partial charge in [0.25, 0.3) is 0 Å². The molecule has 3 fully saturated rings. The van der Waals surface area contributed by atoms with Crippen LogP contribution in [0.1, 0.15) is 6.42 Å². The summed E-state index contributed by atoms with van der Waals surface area (Å²) >= 11 is 0. The van der Waals surface area contributed by atoms with Crippen LogP contribution in [0, 0.1) is 0 Å². The van der Waals surface area contributed by atoms with Gasteiger partial charge in [-0.1, -0.05) is 0 Å². The SMILES string of the molecule is C[Si]12CCC(=O)OCCN(CCO1)CCO2. The number of carbonyl (C=O) groups is 1. The molecule has 0 saturated carbocycles. The molecule has 5 nitrogen and oxygen atoms in total. The van der Waals surface area contributed by atoms with Crippen LogP contribution >= 0.6 is 0 Å². The van der Waals surface area contributed by atoms with Crippen LogP contribution in [0.25, 0.3) is 0 Å². The Kier molecular flexibility index (Phi) is 3.96. The molecule has 2 bridgehead atoms. The second kappa shape index (κ2) is 5.26. The van der Waals surface area contributed by atoms with E-state index < -0.39 is 8.56 Å². The first-order valence-electron chi connectivity index (χ1n) is 5.84. The van der Waals surface area contributed by atoms with E-state index in [1.165, 1.54) is 0 Å². The fraction of sp³-hybridized carbons (Fsp3) is 0.900. The summed E-state index contributed by atoms with van der Waals surface area (Å²) in [5, 5.41) is 0. The standard InChI is InChI=1S/C10H19NO4Si/c1-16-9-2-10(12)13-6-3-11(4-7-14-16)5-8-15-16/h2-9H2,1H3. The fourth-order valence-electron chi connectivity index (χ4n) is 1.99. The van der Waals surface area contributed by atoms with Gasteiger partial charge in [0.2, 0.25) is 0 Å². The maximum Gasteiger partial charge on any atom is 0.335 e. The monoisotopic (exact) mass is 245 g/mol. The van der Waals surface area contributed by atoms with Gasteiger partial charge >= 0.3 is 14.5 Å². The second-order valence-corrected chi connectivity index (χ2v) is 7.74. The summed E-state index contributed by atoms with van der Waals surface area (Å²) in [7, 11) is -2.13. The number of hydrogen-bond donors (Lipinski definition) is 0. The van der Waals surface area contributed by atoms with Crippen molar-refractivity contribution in [3.63, 3.8) is 0 Å². The van der Waals surface area contributed by atoms with Crippen molar-refractivity contribution < 1.29 is 18.4 Å². The topological polar surface area (TPSA) is 48.0 Å². The van der Waals surface area contributed by atoms with E-state index >= 15 is 0 Å². The van der Waals surface area contributed by atoms with Crippen molar-refractivity contribution >= 4 is 14.5 Å². The Morgan fingerprint density at radius 2 is 1.75 bits per heavy atom. The number of rotatable bonds is 0. The normalized spacial score (nSPS) is 37.3. The molecule has 3 aliphatic heterocycles. The average molecular weight is 245 g/mol. The highest BCUT2D eigenvalue weighted by Gasteiger charge is 2.34. The number of nitrogens with zero attached hydrogens (tertiary/aromatic N) is 1. The summed E-state index contributed by atoms with van der Waals surface area (Å²) in [6, 6.07) is 0.700. The van der Waals surface area contributed by atoms with Crippen molar-refractivity contribution in [1.29, 1.82) is 0 Å². The molecule has 0 N–H and O–H groups in total. The summed E-state index contributed by atoms with van der Waals surface area (Å²) in [6.07, 6.45) is 0.419. The highest BCUT2D eigenvalue weighted by Crippen LogP contribution is 2.18. The van der Waals surface area contributed by atoms with E-state index in [0.717, 1.165) is 19.6 Å². The molecule has 0 aromatic carbocycles. The molecule has 6 heteroatoms. The first-order valence-corrected chi connectivity index (χ1v) is 8.36. The molecule has 0 unspecified atom stereocenters. The van der Waals surface area contributed by atoms with Crippen LogP contribution < -0.4 is 0 Å². The molecule has 3 rings (SSSR count). The molecule has 0 aliphatic carbocycles. The van der Waals surface area contributed by atoms with Crippen molar-refractivity contribution in [3.05, 3.63) is 0 Å². The number of ether oxygens (including phenoxy) is 1. The van der Waals surface area contributed by atoms with Gasteiger partial charge in [-0.15, -0.1) is 0 Å². The lowest BCUT2D eigenvalue weighted by Gasteiger charge is -2.32. The zero-order valence-corrected chi connectivity index (χ0v) is 10.7. The van der Waals surface area contributed by atoms with Crippen LogP contribution in [0.3, 0.4) is 0 Å². The van der Waals surface area contributed by atoms with Gasteiger partial charge < -0.3 is 13.6 Å². The molecule has 92 valence electrons. The van der Waals surface area contributed by atoms with Gasteiger partial charge in [-0.25, -0.2) is 0 Å². The molecule has 0 radical (unpaired) electrons. The minimum absolute atomic E-state index is 0.130. The fourth-order valence-corrected chi connectivity index (χ4v) is 4.07. The summed E-state index contributed by atoms with van der Waals surface area (Å²) in [5.74, 6) is -0.130. The minimum atomic E-state index is -2.13. The van der Waals surface area contributed by atoms with Crippen molar-refractivity contribution in [1.82, 2.24) is 4.90 Å². The van der Waals surface area contributed by atoms with Gasteiger partial charge in [-0.05, 0) is 6.55 Å². The second-order valence-electron chi connectivity index (χ2n) is 4.39. The molecule has 3 aliphatic rings. The third-order valence-electron chi connectivity index (χ3n) is 3.08. The van der Waals surface area contributed by atoms with Gasteiger partial charge in [0.15, 0.2) is 0 Å². The molecule has 16 heavy (non-hydrogen) atoms. The number of carbonyl (C=O) groups excluding carboxylic acids is 1. The van der Waals surface area contributed by atoms with E-state index in [1.807, 2.05) is 6.55 Å². The lowest BCUT2D eigenvalue weighted by Crippen LogP contribution is -2.46. The van der Waals surface area contributed by atoms with Gasteiger partial charge in [0, 0.05) is 45.3 Å². The molecule has 0 aromatic heterocycles. The molecule has 0 spiro atoms. The van der Waals surface area contributed by atoms with Crippen LogP contribution in [0.15, 0.2) is 0 Å². The molecule has 3 heterocycles. The summed E-state index contributed by atoms with van der Waals surface area (Å²) in [4.78, 5) is 13.6. The molecular formula is C10H19NO4Si. The van der Waals surface area contributed by atoms with Crippen LogP contribution in [-0.4, -0.2) is 58.9 Å². The number of fused-ring (bicyclic) bond motifs is 9. The summed E-state index contributed by atoms with van der Waals surface area (Å²) in [6.45, 7) is 6.52.